The summed E-state index contributed by atoms with van der Waals surface area (Å²) in [5.41, 5.74) is 2.19. The minimum Gasteiger partial charge on any atom is -0.383 e. The van der Waals surface area contributed by atoms with Gasteiger partial charge in [-0.05, 0) is 47.9 Å². The van der Waals surface area contributed by atoms with Crippen molar-refractivity contribution in [2.24, 2.45) is 11.8 Å². The number of carbonyl (C=O) groups excluding carboxylic acids is 1. The fourth-order valence-corrected chi connectivity index (χ4v) is 3.96. The summed E-state index contributed by atoms with van der Waals surface area (Å²) >= 11 is 0. The summed E-state index contributed by atoms with van der Waals surface area (Å²) in [6.07, 6.45) is 2.87. The van der Waals surface area contributed by atoms with E-state index in [1.807, 2.05) is 35.2 Å². The van der Waals surface area contributed by atoms with Crippen LogP contribution in [0.5, 0.6) is 5.75 Å². The van der Waals surface area contributed by atoms with Crippen molar-refractivity contribution in [2.75, 3.05) is 12.8 Å². The van der Waals surface area contributed by atoms with E-state index in [1.54, 1.807) is 12.1 Å². The summed E-state index contributed by atoms with van der Waals surface area (Å²) in [4.78, 5) is 15.1. The molecule has 0 bridgehead atoms. The monoisotopic (exact) mass is 415 g/mol. The van der Waals surface area contributed by atoms with Crippen molar-refractivity contribution in [3.8, 4) is 5.75 Å². The summed E-state index contributed by atoms with van der Waals surface area (Å²) in [7, 11) is -3.54. The standard InChI is InChI=1S/C23H29NO4S/c1-17(2)13-14-24(16-18-9-11-20(12-10-18)28-29(3,26)27)23(25)22-15-21(22)19-7-5-4-6-8-19/h4-12,17,21-22H,13-16H2,1-3H3/t21-,22-/m0/s1. The quantitative estimate of drug-likeness (QED) is 0.576. The van der Waals surface area contributed by atoms with Gasteiger partial charge in [-0.3, -0.25) is 4.79 Å². The molecule has 29 heavy (non-hydrogen) atoms. The summed E-state index contributed by atoms with van der Waals surface area (Å²) < 4.78 is 27.4. The maximum atomic E-state index is 13.2. The number of hydrogen-bond acceptors (Lipinski definition) is 4. The van der Waals surface area contributed by atoms with Crippen molar-refractivity contribution < 1.29 is 17.4 Å². The Labute approximate surface area is 173 Å². The van der Waals surface area contributed by atoms with Crippen molar-refractivity contribution in [2.45, 2.75) is 39.2 Å². The second-order valence-electron chi connectivity index (χ2n) is 8.23. The van der Waals surface area contributed by atoms with Crippen LogP contribution in [-0.2, 0) is 21.5 Å². The Bertz CT molecular complexity index is 923. The fraction of sp³-hybridized carbons (Fsp3) is 0.435. The average molecular weight is 416 g/mol. The van der Waals surface area contributed by atoms with E-state index in [1.165, 1.54) is 5.56 Å². The van der Waals surface area contributed by atoms with Crippen LogP contribution in [-0.4, -0.2) is 32.0 Å². The normalized spacial score (nSPS) is 18.5. The van der Waals surface area contributed by atoms with Crippen LogP contribution in [0.15, 0.2) is 54.6 Å². The fourth-order valence-electron chi connectivity index (χ4n) is 3.50. The molecule has 0 saturated heterocycles. The molecule has 2 atom stereocenters. The van der Waals surface area contributed by atoms with E-state index in [2.05, 4.69) is 26.0 Å². The maximum absolute atomic E-state index is 13.2. The topological polar surface area (TPSA) is 63.7 Å². The molecule has 0 heterocycles. The lowest BCUT2D eigenvalue weighted by Crippen LogP contribution is -2.33. The highest BCUT2D eigenvalue weighted by Gasteiger charge is 2.45. The Kier molecular flexibility index (Phi) is 6.63. The van der Waals surface area contributed by atoms with Gasteiger partial charge in [0.1, 0.15) is 5.75 Å². The second-order valence-corrected chi connectivity index (χ2v) is 9.81. The zero-order chi connectivity index (χ0) is 21.0. The summed E-state index contributed by atoms with van der Waals surface area (Å²) in [6, 6.07) is 17.1. The third kappa shape index (κ3) is 6.32. The van der Waals surface area contributed by atoms with Crippen LogP contribution in [0, 0.1) is 11.8 Å². The summed E-state index contributed by atoms with van der Waals surface area (Å²) in [5, 5.41) is 0. The maximum Gasteiger partial charge on any atom is 0.306 e. The van der Waals surface area contributed by atoms with Crippen LogP contribution in [0.1, 0.15) is 43.7 Å². The Morgan fingerprint density at radius 2 is 1.76 bits per heavy atom. The first-order chi connectivity index (χ1) is 13.7. The van der Waals surface area contributed by atoms with Gasteiger partial charge in [0.15, 0.2) is 0 Å². The zero-order valence-electron chi connectivity index (χ0n) is 17.2. The molecule has 2 aromatic carbocycles. The molecule has 5 nitrogen and oxygen atoms in total. The molecule has 1 aliphatic carbocycles. The van der Waals surface area contributed by atoms with Gasteiger partial charge in [0.05, 0.1) is 6.26 Å². The third-order valence-corrected chi connectivity index (χ3v) is 5.66. The van der Waals surface area contributed by atoms with Gasteiger partial charge in [0.25, 0.3) is 0 Å². The van der Waals surface area contributed by atoms with Crippen LogP contribution < -0.4 is 4.18 Å². The second kappa shape index (κ2) is 8.99. The SMILES string of the molecule is CC(C)CCN(Cc1ccc(OS(C)(=O)=O)cc1)C(=O)[C@H]1C[C@H]1c1ccccc1. The third-order valence-electron chi connectivity index (χ3n) is 5.17. The number of rotatable bonds is 9. The molecule has 1 amide bonds. The molecule has 2 aromatic rings. The van der Waals surface area contributed by atoms with Crippen LogP contribution >= 0.6 is 0 Å². The molecular formula is C23H29NO4S. The van der Waals surface area contributed by atoms with Gasteiger partial charge in [0, 0.05) is 19.0 Å². The summed E-state index contributed by atoms with van der Waals surface area (Å²) in [6.45, 7) is 5.55. The highest BCUT2D eigenvalue weighted by atomic mass is 32.2. The molecule has 0 N–H and O–H groups in total. The van der Waals surface area contributed by atoms with Gasteiger partial charge in [0.2, 0.25) is 5.91 Å². The van der Waals surface area contributed by atoms with Gasteiger partial charge >= 0.3 is 10.1 Å². The van der Waals surface area contributed by atoms with Crippen LogP contribution in [0.25, 0.3) is 0 Å². The van der Waals surface area contributed by atoms with Gasteiger partial charge in [-0.25, -0.2) is 0 Å². The highest BCUT2D eigenvalue weighted by Crippen LogP contribution is 2.48. The number of nitrogens with zero attached hydrogens (tertiary/aromatic N) is 1. The van der Waals surface area contributed by atoms with Crippen molar-refractivity contribution >= 4 is 16.0 Å². The van der Waals surface area contributed by atoms with E-state index >= 15 is 0 Å². The van der Waals surface area contributed by atoms with E-state index in [-0.39, 0.29) is 17.6 Å². The van der Waals surface area contributed by atoms with E-state index < -0.39 is 10.1 Å². The molecular weight excluding hydrogens is 386 g/mol. The molecule has 6 heteroatoms. The first kappa shape index (κ1) is 21.4. The molecule has 0 aromatic heterocycles. The summed E-state index contributed by atoms with van der Waals surface area (Å²) in [5.74, 6) is 1.37. The molecule has 0 aliphatic heterocycles. The molecule has 1 aliphatic rings. The molecule has 1 fully saturated rings. The van der Waals surface area contributed by atoms with Crippen molar-refractivity contribution in [3.63, 3.8) is 0 Å². The number of benzene rings is 2. The Morgan fingerprint density at radius 3 is 2.34 bits per heavy atom. The molecule has 0 radical (unpaired) electrons. The van der Waals surface area contributed by atoms with Crippen LogP contribution in [0.2, 0.25) is 0 Å². The van der Waals surface area contributed by atoms with Gasteiger partial charge in [-0.15, -0.1) is 0 Å². The lowest BCUT2D eigenvalue weighted by Gasteiger charge is -2.24. The molecule has 3 rings (SSSR count). The first-order valence-corrected chi connectivity index (χ1v) is 11.9. The van der Waals surface area contributed by atoms with E-state index in [4.69, 9.17) is 4.18 Å². The number of hydrogen-bond donors (Lipinski definition) is 0. The van der Waals surface area contributed by atoms with E-state index in [0.717, 1.165) is 31.2 Å². The Balaban J connectivity index is 1.68. The van der Waals surface area contributed by atoms with Gasteiger partial charge in [-0.1, -0.05) is 56.3 Å². The van der Waals surface area contributed by atoms with Crippen LogP contribution in [0.3, 0.4) is 0 Å². The van der Waals surface area contributed by atoms with Crippen molar-refractivity contribution in [1.82, 2.24) is 4.90 Å². The number of carbonyl (C=O) groups is 1. The van der Waals surface area contributed by atoms with Crippen molar-refractivity contribution in [1.29, 1.82) is 0 Å². The lowest BCUT2D eigenvalue weighted by atomic mass is 10.1. The minimum atomic E-state index is -3.54. The predicted octanol–water partition coefficient (Wildman–Crippen LogP) is 4.20. The Hall–Kier alpha value is -2.34. The lowest BCUT2D eigenvalue weighted by molar-refractivity contribution is -0.133. The van der Waals surface area contributed by atoms with Gasteiger partial charge < -0.3 is 9.08 Å². The Morgan fingerprint density at radius 1 is 1.10 bits per heavy atom. The smallest absolute Gasteiger partial charge is 0.306 e. The largest absolute Gasteiger partial charge is 0.383 e. The molecule has 1 saturated carbocycles. The van der Waals surface area contributed by atoms with E-state index in [9.17, 15) is 13.2 Å². The number of amides is 1. The highest BCUT2D eigenvalue weighted by molar-refractivity contribution is 7.86. The average Bonchev–Trinajstić information content (AvgIpc) is 3.46. The minimum absolute atomic E-state index is 0.0532. The molecule has 156 valence electrons. The zero-order valence-corrected chi connectivity index (χ0v) is 18.1. The molecule has 0 unspecified atom stereocenters. The first-order valence-electron chi connectivity index (χ1n) is 10.0. The van der Waals surface area contributed by atoms with Crippen molar-refractivity contribution in [3.05, 3.63) is 65.7 Å². The van der Waals surface area contributed by atoms with E-state index in [0.29, 0.717) is 18.4 Å². The van der Waals surface area contributed by atoms with Crippen LogP contribution in [0.4, 0.5) is 0 Å². The van der Waals surface area contributed by atoms with Gasteiger partial charge in [-0.2, -0.15) is 8.42 Å². The predicted molar refractivity (Wildman–Crippen MR) is 114 cm³/mol. The molecule has 0 spiro atoms.